The summed E-state index contributed by atoms with van der Waals surface area (Å²) in [4.78, 5) is 2.48. The molecule has 1 fully saturated rings. The van der Waals surface area contributed by atoms with Crippen LogP contribution in [0.1, 0.15) is 83.6 Å². The summed E-state index contributed by atoms with van der Waals surface area (Å²) in [5, 5.41) is 0. The predicted octanol–water partition coefficient (Wildman–Crippen LogP) is 9.88. The molecule has 4 aliphatic rings. The second-order valence-corrected chi connectivity index (χ2v) is 15.7. The fourth-order valence-electron chi connectivity index (χ4n) is 8.50. The highest BCUT2D eigenvalue weighted by atomic mass is 16.7. The molecule has 0 spiro atoms. The minimum absolute atomic E-state index is 0.0367. The van der Waals surface area contributed by atoms with Gasteiger partial charge in [0.25, 0.3) is 0 Å². The number of benzene rings is 4. The van der Waals surface area contributed by atoms with Gasteiger partial charge in [-0.15, -0.1) is 0 Å². The molecule has 0 N–H and O–H groups in total. The average Bonchev–Trinajstić information content (AvgIpc) is 3.51. The quantitative estimate of drug-likeness (QED) is 0.216. The highest BCUT2D eigenvalue weighted by molar-refractivity contribution is 6.62. The largest absolute Gasteiger partial charge is 0.494 e. The Labute approximate surface area is 275 Å². The van der Waals surface area contributed by atoms with Crippen LogP contribution in [0, 0.1) is 5.92 Å². The molecule has 232 valence electrons. The van der Waals surface area contributed by atoms with Crippen molar-refractivity contribution in [1.82, 2.24) is 0 Å². The van der Waals surface area contributed by atoms with E-state index >= 15 is 0 Å². The summed E-state index contributed by atoms with van der Waals surface area (Å²) >= 11 is 0. The van der Waals surface area contributed by atoms with Crippen molar-refractivity contribution in [3.05, 3.63) is 131 Å². The van der Waals surface area contributed by atoms with Crippen LogP contribution in [0.15, 0.2) is 109 Å². The maximum atomic E-state index is 6.42. The molecule has 1 heterocycles. The van der Waals surface area contributed by atoms with E-state index in [0.717, 1.165) is 11.2 Å². The predicted molar refractivity (Wildman–Crippen MR) is 192 cm³/mol. The maximum absolute atomic E-state index is 6.42. The molecule has 0 aromatic heterocycles. The summed E-state index contributed by atoms with van der Waals surface area (Å²) in [5.41, 5.74) is 12.0. The molecule has 0 amide bonds. The SMILES string of the molecule is CC1(C)c2ccccc2-c2ccc(N(c3ccc(B4OC(C)(C)C(C)(C)O4)cc3)c3cccc4c3C(C)(C)C3C=CC=CC43)cc21. The van der Waals surface area contributed by atoms with E-state index in [9.17, 15) is 0 Å². The van der Waals surface area contributed by atoms with Gasteiger partial charge in [0.15, 0.2) is 0 Å². The van der Waals surface area contributed by atoms with Crippen molar-refractivity contribution in [2.75, 3.05) is 4.90 Å². The van der Waals surface area contributed by atoms with Gasteiger partial charge in [0.2, 0.25) is 0 Å². The molecular weight excluding hydrogens is 561 g/mol. The molecule has 4 heteroatoms. The molecule has 0 saturated carbocycles. The lowest BCUT2D eigenvalue weighted by Crippen LogP contribution is -2.41. The normalized spacial score (nSPS) is 23.5. The summed E-state index contributed by atoms with van der Waals surface area (Å²) < 4.78 is 12.8. The highest BCUT2D eigenvalue weighted by Gasteiger charge is 2.52. The van der Waals surface area contributed by atoms with Crippen molar-refractivity contribution in [3.8, 4) is 11.1 Å². The third kappa shape index (κ3) is 4.12. The van der Waals surface area contributed by atoms with Gasteiger partial charge in [0.05, 0.1) is 16.9 Å². The molecule has 8 rings (SSSR count). The van der Waals surface area contributed by atoms with Crippen LogP contribution in [0.5, 0.6) is 0 Å². The van der Waals surface area contributed by atoms with Crippen LogP contribution in [0.3, 0.4) is 0 Å². The summed E-state index contributed by atoms with van der Waals surface area (Å²) in [7, 11) is -0.395. The van der Waals surface area contributed by atoms with E-state index in [1.807, 2.05) is 0 Å². The molecule has 4 aromatic carbocycles. The van der Waals surface area contributed by atoms with E-state index in [4.69, 9.17) is 9.31 Å². The number of fused-ring (bicyclic) bond motifs is 6. The van der Waals surface area contributed by atoms with Crippen molar-refractivity contribution in [2.45, 2.75) is 83.3 Å². The first kappa shape index (κ1) is 29.5. The molecule has 1 saturated heterocycles. The van der Waals surface area contributed by atoms with Crippen LogP contribution in [0.2, 0.25) is 0 Å². The molecule has 1 aliphatic heterocycles. The van der Waals surface area contributed by atoms with Crippen molar-refractivity contribution >= 4 is 29.6 Å². The third-order valence-electron chi connectivity index (χ3n) is 11.8. The smallest absolute Gasteiger partial charge is 0.399 e. The lowest BCUT2D eigenvalue weighted by molar-refractivity contribution is 0.00578. The Morgan fingerprint density at radius 1 is 0.630 bits per heavy atom. The summed E-state index contributed by atoms with van der Waals surface area (Å²) in [6.45, 7) is 18.0. The van der Waals surface area contributed by atoms with Crippen LogP contribution in [0.4, 0.5) is 17.1 Å². The van der Waals surface area contributed by atoms with Gasteiger partial charge in [0.1, 0.15) is 0 Å². The van der Waals surface area contributed by atoms with Crippen LogP contribution >= 0.6 is 0 Å². The lowest BCUT2D eigenvalue weighted by Gasteiger charge is -2.34. The van der Waals surface area contributed by atoms with Crippen molar-refractivity contribution in [2.24, 2.45) is 5.92 Å². The van der Waals surface area contributed by atoms with E-state index in [2.05, 4.69) is 170 Å². The standard InChI is InChI=1S/C42H44BNO2/c1-39(2)34-17-11-9-14-30(34)32-25-24-29(26-36(32)39)44(28-22-20-27(21-23-28)43-45-41(5,6)42(7,8)46-43)37-19-13-16-33-31-15-10-12-18-35(31)40(3,4)38(33)37/h9-26,31,35H,1-8H3. The first-order chi connectivity index (χ1) is 21.8. The molecule has 2 atom stereocenters. The molecule has 2 unspecified atom stereocenters. The second-order valence-electron chi connectivity index (χ2n) is 15.7. The van der Waals surface area contributed by atoms with Gasteiger partial charge in [-0.1, -0.05) is 107 Å². The molecule has 0 bridgehead atoms. The van der Waals surface area contributed by atoms with E-state index in [0.29, 0.717) is 11.8 Å². The monoisotopic (exact) mass is 605 g/mol. The number of nitrogens with zero attached hydrogens (tertiary/aromatic N) is 1. The van der Waals surface area contributed by atoms with E-state index in [1.165, 1.54) is 44.8 Å². The lowest BCUT2D eigenvalue weighted by atomic mass is 9.74. The molecule has 0 radical (unpaired) electrons. The molecule has 46 heavy (non-hydrogen) atoms. The topological polar surface area (TPSA) is 21.7 Å². The number of hydrogen-bond donors (Lipinski definition) is 0. The first-order valence-electron chi connectivity index (χ1n) is 16.8. The zero-order chi connectivity index (χ0) is 32.2. The van der Waals surface area contributed by atoms with Crippen LogP contribution in [0.25, 0.3) is 11.1 Å². The average molecular weight is 606 g/mol. The zero-order valence-corrected chi connectivity index (χ0v) is 28.4. The Morgan fingerprint density at radius 3 is 2.02 bits per heavy atom. The van der Waals surface area contributed by atoms with Crippen molar-refractivity contribution in [3.63, 3.8) is 0 Å². The van der Waals surface area contributed by atoms with E-state index in [-0.39, 0.29) is 22.0 Å². The molecular formula is C42H44BNO2. The van der Waals surface area contributed by atoms with Gasteiger partial charge in [-0.3, -0.25) is 0 Å². The van der Waals surface area contributed by atoms with Gasteiger partial charge in [-0.25, -0.2) is 0 Å². The summed E-state index contributed by atoms with van der Waals surface area (Å²) in [6.07, 6.45) is 9.24. The van der Waals surface area contributed by atoms with Gasteiger partial charge < -0.3 is 14.2 Å². The van der Waals surface area contributed by atoms with Crippen molar-refractivity contribution in [1.29, 1.82) is 0 Å². The van der Waals surface area contributed by atoms with Gasteiger partial charge >= 0.3 is 7.12 Å². The maximum Gasteiger partial charge on any atom is 0.494 e. The Bertz CT molecular complexity index is 1910. The summed E-state index contributed by atoms with van der Waals surface area (Å²) in [5.74, 6) is 0.811. The van der Waals surface area contributed by atoms with Gasteiger partial charge in [0, 0.05) is 22.7 Å². The minimum Gasteiger partial charge on any atom is -0.399 e. The zero-order valence-electron chi connectivity index (χ0n) is 28.4. The number of anilines is 3. The fourth-order valence-corrected chi connectivity index (χ4v) is 8.50. The molecule has 4 aromatic rings. The Hall–Kier alpha value is -3.86. The van der Waals surface area contributed by atoms with Crippen LogP contribution in [-0.2, 0) is 20.1 Å². The second kappa shape index (κ2) is 9.83. The van der Waals surface area contributed by atoms with Gasteiger partial charge in [-0.2, -0.15) is 0 Å². The number of allylic oxidation sites excluding steroid dienone is 4. The highest BCUT2D eigenvalue weighted by Crippen LogP contribution is 2.58. The Balaban J connectivity index is 1.29. The molecule has 3 aliphatic carbocycles. The third-order valence-corrected chi connectivity index (χ3v) is 11.8. The Kier molecular flexibility index (Phi) is 6.31. The first-order valence-corrected chi connectivity index (χ1v) is 16.8. The van der Waals surface area contributed by atoms with Gasteiger partial charge in [-0.05, 0) is 108 Å². The minimum atomic E-state index is -0.395. The van der Waals surface area contributed by atoms with Crippen molar-refractivity contribution < 1.29 is 9.31 Å². The molecule has 3 nitrogen and oxygen atoms in total. The van der Waals surface area contributed by atoms with E-state index < -0.39 is 7.12 Å². The fraction of sp³-hybridized carbons (Fsp3) is 0.333. The van der Waals surface area contributed by atoms with E-state index in [1.54, 1.807) is 0 Å². The van der Waals surface area contributed by atoms with Crippen LogP contribution < -0.4 is 10.4 Å². The van der Waals surface area contributed by atoms with Crippen LogP contribution in [-0.4, -0.2) is 18.3 Å². The Morgan fingerprint density at radius 2 is 1.28 bits per heavy atom. The number of hydrogen-bond acceptors (Lipinski definition) is 3. The number of rotatable bonds is 4. The summed E-state index contributed by atoms with van der Waals surface area (Å²) in [6, 6.07) is 31.7.